The Morgan fingerprint density at radius 1 is 1.25 bits per heavy atom. The van der Waals surface area contributed by atoms with Gasteiger partial charge in [-0.2, -0.15) is 0 Å². The maximum Gasteiger partial charge on any atom is 0.157 e. The zero-order chi connectivity index (χ0) is 11.9. The normalized spacial score (nSPS) is 22.3. The van der Waals surface area contributed by atoms with Crippen LogP contribution in [-0.2, 0) is 9.47 Å². The van der Waals surface area contributed by atoms with Crippen LogP contribution in [-0.4, -0.2) is 27.6 Å². The molecular formula is C13H28O2Si. The number of hydrogen-bond donors (Lipinski definition) is 0. The van der Waals surface area contributed by atoms with Crippen LogP contribution in [0.1, 0.15) is 39.0 Å². The second-order valence-electron chi connectivity index (χ2n) is 5.68. The van der Waals surface area contributed by atoms with Crippen LogP contribution in [0.25, 0.3) is 0 Å². The van der Waals surface area contributed by atoms with Crippen molar-refractivity contribution < 1.29 is 9.47 Å². The molecule has 0 N–H and O–H groups in total. The standard InChI is InChI=1S/C13H28O2Si/c1-4-11-16(2,3)12-7-10-15-13-8-5-6-9-14-13/h13H,4-12H2,1-3H3. The van der Waals surface area contributed by atoms with E-state index < -0.39 is 8.07 Å². The molecule has 0 saturated carbocycles. The summed E-state index contributed by atoms with van der Waals surface area (Å²) in [4.78, 5) is 0. The molecule has 96 valence electrons. The topological polar surface area (TPSA) is 18.5 Å². The van der Waals surface area contributed by atoms with Crippen LogP contribution in [0, 0.1) is 0 Å². The zero-order valence-corrected chi connectivity index (χ0v) is 12.3. The SMILES string of the molecule is CCC[Si](C)(C)CCCOC1CCCCO1. The van der Waals surface area contributed by atoms with Gasteiger partial charge in [0.05, 0.1) is 0 Å². The van der Waals surface area contributed by atoms with Crippen molar-refractivity contribution in [2.24, 2.45) is 0 Å². The summed E-state index contributed by atoms with van der Waals surface area (Å²) in [5.74, 6) is 0. The molecule has 2 nitrogen and oxygen atoms in total. The summed E-state index contributed by atoms with van der Waals surface area (Å²) in [5.41, 5.74) is 0. The third-order valence-electron chi connectivity index (χ3n) is 3.37. The van der Waals surface area contributed by atoms with E-state index in [0.29, 0.717) is 0 Å². The van der Waals surface area contributed by atoms with Gasteiger partial charge in [0.25, 0.3) is 0 Å². The highest BCUT2D eigenvalue weighted by Crippen LogP contribution is 2.20. The lowest BCUT2D eigenvalue weighted by molar-refractivity contribution is -0.162. The van der Waals surface area contributed by atoms with Gasteiger partial charge in [-0.05, 0) is 25.7 Å². The van der Waals surface area contributed by atoms with Crippen molar-refractivity contribution in [3.63, 3.8) is 0 Å². The van der Waals surface area contributed by atoms with Gasteiger partial charge in [-0.15, -0.1) is 0 Å². The molecule has 1 rings (SSSR count). The minimum absolute atomic E-state index is 0.102. The fourth-order valence-electron chi connectivity index (χ4n) is 2.41. The van der Waals surface area contributed by atoms with Crippen molar-refractivity contribution in [1.29, 1.82) is 0 Å². The lowest BCUT2D eigenvalue weighted by atomic mass is 10.2. The molecule has 1 atom stereocenters. The average molecular weight is 244 g/mol. The minimum Gasteiger partial charge on any atom is -0.353 e. The lowest BCUT2D eigenvalue weighted by Gasteiger charge is -2.24. The second-order valence-corrected chi connectivity index (χ2v) is 11.0. The summed E-state index contributed by atoms with van der Waals surface area (Å²) >= 11 is 0. The van der Waals surface area contributed by atoms with Crippen molar-refractivity contribution in [2.45, 2.75) is 70.5 Å². The monoisotopic (exact) mass is 244 g/mol. The maximum atomic E-state index is 5.76. The summed E-state index contributed by atoms with van der Waals surface area (Å²) in [5, 5.41) is 0. The van der Waals surface area contributed by atoms with Gasteiger partial charge in [-0.1, -0.05) is 38.5 Å². The van der Waals surface area contributed by atoms with E-state index in [1.165, 1.54) is 37.8 Å². The van der Waals surface area contributed by atoms with E-state index in [1.807, 2.05) is 0 Å². The predicted octanol–water partition coefficient (Wildman–Crippen LogP) is 4.04. The molecule has 0 amide bonds. The molecule has 3 heteroatoms. The molecule has 1 aliphatic rings. The van der Waals surface area contributed by atoms with Gasteiger partial charge in [0.15, 0.2) is 6.29 Å². The summed E-state index contributed by atoms with van der Waals surface area (Å²) < 4.78 is 11.3. The number of ether oxygens (including phenoxy) is 2. The molecule has 0 aliphatic carbocycles. The number of hydrogen-bond acceptors (Lipinski definition) is 2. The third kappa shape index (κ3) is 6.02. The molecule has 0 radical (unpaired) electrons. The Kier molecular flexibility index (Phi) is 6.62. The van der Waals surface area contributed by atoms with Crippen LogP contribution in [0.4, 0.5) is 0 Å². The molecule has 1 unspecified atom stereocenters. The van der Waals surface area contributed by atoms with Crippen molar-refractivity contribution in [2.75, 3.05) is 13.2 Å². The Balaban J connectivity index is 2.02. The van der Waals surface area contributed by atoms with E-state index in [1.54, 1.807) is 0 Å². The molecule has 0 aromatic heterocycles. The Labute approximate surface area is 102 Å². The van der Waals surface area contributed by atoms with Crippen LogP contribution in [0.15, 0.2) is 0 Å². The molecular weight excluding hydrogens is 216 g/mol. The molecule has 1 heterocycles. The Bertz CT molecular complexity index is 177. The Morgan fingerprint density at radius 3 is 2.69 bits per heavy atom. The zero-order valence-electron chi connectivity index (χ0n) is 11.3. The van der Waals surface area contributed by atoms with E-state index >= 15 is 0 Å². The molecule has 1 fully saturated rings. The molecule has 1 saturated heterocycles. The van der Waals surface area contributed by atoms with Gasteiger partial charge in [-0.3, -0.25) is 0 Å². The third-order valence-corrected chi connectivity index (χ3v) is 6.93. The Hall–Kier alpha value is 0.137. The fourth-order valence-corrected chi connectivity index (χ4v) is 5.11. The molecule has 0 aromatic carbocycles. The summed E-state index contributed by atoms with van der Waals surface area (Å²) in [7, 11) is -0.911. The van der Waals surface area contributed by atoms with E-state index in [0.717, 1.165) is 19.6 Å². The van der Waals surface area contributed by atoms with Crippen molar-refractivity contribution in [3.05, 3.63) is 0 Å². The van der Waals surface area contributed by atoms with Gasteiger partial charge in [0.1, 0.15) is 0 Å². The highest BCUT2D eigenvalue weighted by molar-refractivity contribution is 6.77. The molecule has 16 heavy (non-hydrogen) atoms. The number of rotatable bonds is 7. The summed E-state index contributed by atoms with van der Waals surface area (Å²) in [6, 6.07) is 2.85. The molecule has 1 aliphatic heterocycles. The van der Waals surface area contributed by atoms with Gasteiger partial charge in [-0.25, -0.2) is 0 Å². The molecule has 0 aromatic rings. The predicted molar refractivity (Wildman–Crippen MR) is 71.5 cm³/mol. The van der Waals surface area contributed by atoms with E-state index in [9.17, 15) is 0 Å². The van der Waals surface area contributed by atoms with Gasteiger partial charge >= 0.3 is 0 Å². The van der Waals surface area contributed by atoms with E-state index in [4.69, 9.17) is 9.47 Å². The lowest BCUT2D eigenvalue weighted by Crippen LogP contribution is -2.26. The van der Waals surface area contributed by atoms with Crippen molar-refractivity contribution in [1.82, 2.24) is 0 Å². The average Bonchev–Trinajstić information content (AvgIpc) is 2.26. The maximum absolute atomic E-state index is 5.76. The first-order valence-electron chi connectivity index (χ1n) is 6.87. The highest BCUT2D eigenvalue weighted by Gasteiger charge is 2.19. The van der Waals surface area contributed by atoms with Gasteiger partial charge in [0, 0.05) is 21.3 Å². The van der Waals surface area contributed by atoms with Crippen LogP contribution in [0.3, 0.4) is 0 Å². The van der Waals surface area contributed by atoms with Crippen LogP contribution < -0.4 is 0 Å². The van der Waals surface area contributed by atoms with Gasteiger partial charge < -0.3 is 9.47 Å². The smallest absolute Gasteiger partial charge is 0.157 e. The molecule has 0 spiro atoms. The van der Waals surface area contributed by atoms with Crippen LogP contribution >= 0.6 is 0 Å². The second kappa shape index (κ2) is 7.46. The molecule has 0 bridgehead atoms. The fraction of sp³-hybridized carbons (Fsp3) is 1.00. The Morgan fingerprint density at radius 2 is 2.06 bits per heavy atom. The summed E-state index contributed by atoms with van der Waals surface area (Å²) in [6.45, 7) is 9.06. The van der Waals surface area contributed by atoms with E-state index in [-0.39, 0.29) is 6.29 Å². The highest BCUT2D eigenvalue weighted by atomic mass is 28.3. The van der Waals surface area contributed by atoms with Crippen LogP contribution in [0.5, 0.6) is 0 Å². The first-order chi connectivity index (χ1) is 7.64. The first-order valence-corrected chi connectivity index (χ1v) is 10.3. The van der Waals surface area contributed by atoms with E-state index in [2.05, 4.69) is 20.0 Å². The van der Waals surface area contributed by atoms with Crippen molar-refractivity contribution >= 4 is 8.07 Å². The largest absolute Gasteiger partial charge is 0.353 e. The van der Waals surface area contributed by atoms with Crippen molar-refractivity contribution in [3.8, 4) is 0 Å². The van der Waals surface area contributed by atoms with Gasteiger partial charge in [0.2, 0.25) is 0 Å². The summed E-state index contributed by atoms with van der Waals surface area (Å²) in [6.07, 6.45) is 6.22. The first kappa shape index (κ1) is 14.2. The minimum atomic E-state index is -0.911. The quantitative estimate of drug-likeness (QED) is 0.497. The van der Waals surface area contributed by atoms with Crippen LogP contribution in [0.2, 0.25) is 25.2 Å².